The van der Waals surface area contributed by atoms with Gasteiger partial charge in [0, 0.05) is 65.2 Å². The molecule has 0 saturated carbocycles. The summed E-state index contributed by atoms with van der Waals surface area (Å²) in [6, 6.07) is 10.6. The van der Waals surface area contributed by atoms with Crippen LogP contribution in [0.5, 0.6) is 0 Å². The first-order valence-electron chi connectivity index (χ1n) is 17.3. The van der Waals surface area contributed by atoms with E-state index >= 15 is 0 Å². The number of carbonyl (C=O) groups is 2. The Morgan fingerprint density at radius 3 is 2.21 bits per heavy atom. The normalized spacial score (nSPS) is 17.3. The average Bonchev–Trinajstić information content (AvgIpc) is 3.41. The molecule has 0 unspecified atom stereocenters. The van der Waals surface area contributed by atoms with Crippen molar-refractivity contribution < 1.29 is 52.0 Å². The number of benzene rings is 2. The summed E-state index contributed by atoms with van der Waals surface area (Å²) < 4.78 is 40.8. The maximum Gasteiger partial charge on any atom is 0.303 e. The van der Waals surface area contributed by atoms with Crippen molar-refractivity contribution >= 4 is 51.2 Å². The van der Waals surface area contributed by atoms with E-state index in [2.05, 4.69) is 44.8 Å². The molecule has 4 N–H and O–H groups in total. The quantitative estimate of drug-likeness (QED) is 0.0206. The van der Waals surface area contributed by atoms with Gasteiger partial charge < -0.3 is 15.1 Å². The number of allylic oxidation sites excluding steroid dienone is 6. The van der Waals surface area contributed by atoms with Crippen LogP contribution < -0.4 is 4.90 Å². The number of anilines is 1. The summed E-state index contributed by atoms with van der Waals surface area (Å²) in [6.45, 7) is 11.6. The van der Waals surface area contributed by atoms with E-state index in [0.717, 1.165) is 82.1 Å². The Labute approximate surface area is 310 Å². The SMILES string of the molecule is CC(/C=C/C1=[N+](CCCCCC(=O)O)c2ccc(SOOO)cc2C1(C)C)=C\C=C1\N(CCCCCC(=O)O)c2ccc(S(=O)(=O)O)cc2C1(C)C. The number of aliphatic carboxylic acids is 2. The van der Waals surface area contributed by atoms with Crippen LogP contribution in [0.4, 0.5) is 11.4 Å². The van der Waals surface area contributed by atoms with Gasteiger partial charge in [0.25, 0.3) is 10.1 Å². The summed E-state index contributed by atoms with van der Waals surface area (Å²) in [7, 11) is -4.40. The fourth-order valence-electron chi connectivity index (χ4n) is 6.98. The summed E-state index contributed by atoms with van der Waals surface area (Å²) in [6.07, 6.45) is 12.7. The minimum absolute atomic E-state index is 0.104. The number of fused-ring (bicyclic) bond motifs is 2. The highest BCUT2D eigenvalue weighted by Gasteiger charge is 2.44. The Kier molecular flexibility index (Phi) is 13.7. The minimum Gasteiger partial charge on any atom is -0.481 e. The van der Waals surface area contributed by atoms with Gasteiger partial charge in [-0.2, -0.15) is 13.0 Å². The van der Waals surface area contributed by atoms with Crippen molar-refractivity contribution in [2.45, 2.75) is 107 Å². The van der Waals surface area contributed by atoms with E-state index in [9.17, 15) is 22.6 Å². The predicted molar refractivity (Wildman–Crippen MR) is 200 cm³/mol. The summed E-state index contributed by atoms with van der Waals surface area (Å²) >= 11 is 0.900. The number of unbranched alkanes of at least 4 members (excludes halogenated alkanes) is 4. The number of rotatable bonds is 19. The van der Waals surface area contributed by atoms with Crippen LogP contribution in [-0.2, 0) is 39.9 Å². The van der Waals surface area contributed by atoms with E-state index in [1.54, 1.807) is 6.07 Å². The van der Waals surface area contributed by atoms with E-state index in [-0.39, 0.29) is 17.7 Å². The maximum absolute atomic E-state index is 12.0. The molecule has 2 aliphatic heterocycles. The molecule has 0 spiro atoms. The molecule has 0 radical (unpaired) electrons. The van der Waals surface area contributed by atoms with Gasteiger partial charge >= 0.3 is 11.9 Å². The summed E-state index contributed by atoms with van der Waals surface area (Å²) in [5.41, 5.74) is 5.70. The zero-order chi connectivity index (χ0) is 38.3. The lowest BCUT2D eigenvalue weighted by atomic mass is 9.81. The van der Waals surface area contributed by atoms with Gasteiger partial charge in [-0.15, -0.1) is 4.33 Å². The molecule has 0 fully saturated rings. The third-order valence-electron chi connectivity index (χ3n) is 9.74. The topological polar surface area (TPSA) is 174 Å². The number of hydrogen-bond acceptors (Lipinski definition) is 9. The van der Waals surface area contributed by atoms with Crippen molar-refractivity contribution in [2.75, 3.05) is 18.0 Å². The van der Waals surface area contributed by atoms with Crippen molar-refractivity contribution in [2.24, 2.45) is 0 Å². The van der Waals surface area contributed by atoms with Crippen molar-refractivity contribution in [3.05, 3.63) is 83.1 Å². The second-order valence-corrected chi connectivity index (χ2v) is 16.4. The summed E-state index contributed by atoms with van der Waals surface area (Å²) in [5, 5.41) is 30.6. The third-order valence-corrected chi connectivity index (χ3v) is 11.2. The Morgan fingerprint density at radius 1 is 0.904 bits per heavy atom. The number of carboxylic acids is 2. The molecule has 52 heavy (non-hydrogen) atoms. The van der Waals surface area contributed by atoms with Crippen LogP contribution in [0.3, 0.4) is 0 Å². The molecule has 2 heterocycles. The van der Waals surface area contributed by atoms with E-state index in [1.165, 1.54) is 12.1 Å². The smallest absolute Gasteiger partial charge is 0.303 e. The number of nitrogens with zero attached hydrogens (tertiary/aromatic N) is 2. The zero-order valence-electron chi connectivity index (χ0n) is 30.3. The lowest BCUT2D eigenvalue weighted by Crippen LogP contribution is -2.28. The Hall–Kier alpha value is -3.79. The fraction of sp³-hybridized carbons (Fsp3) is 0.447. The molecule has 2 aromatic rings. The van der Waals surface area contributed by atoms with Gasteiger partial charge in [-0.25, -0.2) is 5.26 Å². The van der Waals surface area contributed by atoms with E-state index in [0.29, 0.717) is 25.9 Å². The number of carboxylic acid groups (broad SMARTS) is 2. The van der Waals surface area contributed by atoms with Crippen molar-refractivity contribution in [1.29, 1.82) is 0 Å². The molecule has 0 bridgehead atoms. The molecule has 12 nitrogen and oxygen atoms in total. The van der Waals surface area contributed by atoms with Crippen LogP contribution in [0, 0.1) is 0 Å². The maximum atomic E-state index is 12.0. The van der Waals surface area contributed by atoms with Gasteiger partial charge in [0.1, 0.15) is 6.54 Å². The van der Waals surface area contributed by atoms with Crippen molar-refractivity contribution in [1.82, 2.24) is 0 Å². The highest BCUT2D eigenvalue weighted by Crippen LogP contribution is 2.49. The average molecular weight is 758 g/mol. The highest BCUT2D eigenvalue weighted by molar-refractivity contribution is 7.94. The predicted octanol–water partition coefficient (Wildman–Crippen LogP) is 8.21. The Balaban J connectivity index is 1.67. The molecule has 0 atom stereocenters. The van der Waals surface area contributed by atoms with Crippen LogP contribution in [0.25, 0.3) is 0 Å². The minimum atomic E-state index is -4.40. The molecule has 2 aliphatic rings. The lowest BCUT2D eigenvalue weighted by Gasteiger charge is -2.27. The van der Waals surface area contributed by atoms with Gasteiger partial charge in [-0.05, 0) is 88.4 Å². The van der Waals surface area contributed by atoms with Crippen LogP contribution in [0.2, 0.25) is 0 Å². The van der Waals surface area contributed by atoms with Gasteiger partial charge in [-0.3, -0.25) is 14.1 Å². The summed E-state index contributed by atoms with van der Waals surface area (Å²) in [5.74, 6) is -1.63. The van der Waals surface area contributed by atoms with Crippen LogP contribution >= 0.6 is 12.0 Å². The largest absolute Gasteiger partial charge is 0.481 e. The second-order valence-electron chi connectivity index (χ2n) is 14.2. The monoisotopic (exact) mass is 757 g/mol. The van der Waals surface area contributed by atoms with Crippen LogP contribution in [-0.4, -0.2) is 63.8 Å². The molecule has 2 aromatic carbocycles. The van der Waals surface area contributed by atoms with Gasteiger partial charge in [-0.1, -0.05) is 43.0 Å². The van der Waals surface area contributed by atoms with Gasteiger partial charge in [0.15, 0.2) is 5.71 Å². The molecule has 282 valence electrons. The first-order valence-corrected chi connectivity index (χ1v) is 19.5. The first kappa shape index (κ1) is 41.0. The Morgan fingerprint density at radius 2 is 1.58 bits per heavy atom. The fourth-order valence-corrected chi connectivity index (χ4v) is 7.89. The molecule has 0 amide bonds. The van der Waals surface area contributed by atoms with E-state index in [4.69, 9.17) is 15.5 Å². The summed E-state index contributed by atoms with van der Waals surface area (Å²) in [4.78, 5) is 24.8. The van der Waals surface area contributed by atoms with Crippen molar-refractivity contribution in [3.8, 4) is 0 Å². The number of hydrogen-bond donors (Lipinski definition) is 4. The van der Waals surface area contributed by atoms with Gasteiger partial charge in [0.05, 0.1) is 22.4 Å². The molecule has 0 aliphatic carbocycles. The molecular formula is C38H49N2O10S2+. The second kappa shape index (κ2) is 17.4. The Bertz CT molecular complexity index is 1890. The van der Waals surface area contributed by atoms with E-state index < -0.39 is 32.9 Å². The lowest BCUT2D eigenvalue weighted by molar-refractivity contribution is -0.438. The standard InChI is InChI=1S/C38H48N2O10S2/c1-26(14-20-33-37(2,3)29-24-27(51-50-49-45)16-18-31(29)39(33)22-10-6-8-12-35(41)42)15-21-34-38(4,5)30-25-28(52(46,47)48)17-19-32(30)40(34)23-11-7-9-13-36(43)44/h14-21,24-25H,6-13,22-23H2,1-5H3,(H3-,41,42,43,44,45,46,47,48)/p+1. The zero-order valence-corrected chi connectivity index (χ0v) is 31.9. The molecule has 0 aromatic heterocycles. The molecular weight excluding hydrogens is 709 g/mol. The first-order chi connectivity index (χ1) is 24.5. The molecule has 14 heteroatoms. The molecule has 4 rings (SSSR count). The van der Waals surface area contributed by atoms with Crippen molar-refractivity contribution in [3.63, 3.8) is 0 Å². The van der Waals surface area contributed by atoms with Crippen LogP contribution in [0.1, 0.15) is 97.1 Å². The van der Waals surface area contributed by atoms with E-state index in [1.807, 2.05) is 51.1 Å². The van der Waals surface area contributed by atoms with Crippen LogP contribution in [0.15, 0.2) is 81.8 Å². The molecule has 0 saturated heterocycles. The highest BCUT2D eigenvalue weighted by atomic mass is 32.2. The van der Waals surface area contributed by atoms with Gasteiger partial charge in [0.2, 0.25) is 5.69 Å². The third kappa shape index (κ3) is 9.79.